The first-order valence-corrected chi connectivity index (χ1v) is 6.79. The van der Waals surface area contributed by atoms with Crippen LogP contribution in [0.25, 0.3) is 11.0 Å². The van der Waals surface area contributed by atoms with E-state index in [4.69, 9.17) is 16.3 Å². The van der Waals surface area contributed by atoms with E-state index in [0.717, 1.165) is 11.7 Å². The summed E-state index contributed by atoms with van der Waals surface area (Å²) in [5.74, 6) is 0.449. The van der Waals surface area contributed by atoms with Crippen LogP contribution in [0, 0.1) is 0 Å². The summed E-state index contributed by atoms with van der Waals surface area (Å²) < 4.78 is 13.4. The molecule has 1 heterocycles. The van der Waals surface area contributed by atoms with Crippen molar-refractivity contribution in [2.75, 3.05) is 5.32 Å². The second-order valence-corrected chi connectivity index (χ2v) is 4.82. The van der Waals surface area contributed by atoms with E-state index in [2.05, 4.69) is 14.1 Å². The zero-order valence-electron chi connectivity index (χ0n) is 10.0. The fourth-order valence-electron chi connectivity index (χ4n) is 1.67. The number of anilines is 1. The van der Waals surface area contributed by atoms with Crippen LogP contribution in [0.15, 0.2) is 42.5 Å². The fourth-order valence-corrected chi connectivity index (χ4v) is 2.41. The molecule has 3 rings (SSSR count). The number of rotatable bonds is 2. The molecule has 100 valence electrons. The quantitative estimate of drug-likeness (QED) is 0.778. The normalized spacial score (nSPS) is 10.4. The van der Waals surface area contributed by atoms with Gasteiger partial charge in [-0.3, -0.25) is 5.32 Å². The first-order valence-electron chi connectivity index (χ1n) is 5.69. The highest BCUT2D eigenvalue weighted by molar-refractivity contribution is 7.00. The van der Waals surface area contributed by atoms with Crippen LogP contribution in [0.3, 0.4) is 0 Å². The number of hydrogen-bond donors (Lipinski definition) is 1. The minimum atomic E-state index is -0.626. The van der Waals surface area contributed by atoms with Crippen LogP contribution < -0.4 is 10.1 Å². The summed E-state index contributed by atoms with van der Waals surface area (Å²) in [6.07, 6.45) is -0.626. The Kier molecular flexibility index (Phi) is 3.49. The van der Waals surface area contributed by atoms with Crippen molar-refractivity contribution in [2.45, 2.75) is 0 Å². The first-order chi connectivity index (χ1) is 9.74. The second kappa shape index (κ2) is 5.44. The molecule has 1 amide bonds. The molecule has 0 aliphatic rings. The number of para-hydroxylation sites is 1. The zero-order chi connectivity index (χ0) is 13.9. The number of aromatic nitrogens is 2. The fraction of sp³-hybridized carbons (Fsp3) is 0. The summed E-state index contributed by atoms with van der Waals surface area (Å²) in [6.45, 7) is 0. The van der Waals surface area contributed by atoms with Crippen molar-refractivity contribution in [2.24, 2.45) is 0 Å². The monoisotopic (exact) mass is 305 g/mol. The van der Waals surface area contributed by atoms with Crippen molar-refractivity contribution in [3.8, 4) is 5.75 Å². The van der Waals surface area contributed by atoms with Crippen molar-refractivity contribution in [1.82, 2.24) is 8.75 Å². The molecule has 2 aromatic carbocycles. The SMILES string of the molecule is O=C(Nc1c(Cl)ccc2nsnc12)Oc1ccccc1. The van der Waals surface area contributed by atoms with E-state index in [1.54, 1.807) is 36.4 Å². The Labute approximate surface area is 123 Å². The molecule has 3 aromatic rings. The number of hydrogen-bond acceptors (Lipinski definition) is 5. The third kappa shape index (κ3) is 2.56. The molecule has 0 spiro atoms. The van der Waals surface area contributed by atoms with Crippen LogP contribution in [-0.4, -0.2) is 14.8 Å². The van der Waals surface area contributed by atoms with E-state index in [0.29, 0.717) is 27.5 Å². The van der Waals surface area contributed by atoms with E-state index in [9.17, 15) is 4.79 Å². The van der Waals surface area contributed by atoms with Gasteiger partial charge in [-0.2, -0.15) is 8.75 Å². The van der Waals surface area contributed by atoms with E-state index >= 15 is 0 Å². The number of nitrogens with zero attached hydrogens (tertiary/aromatic N) is 2. The summed E-state index contributed by atoms with van der Waals surface area (Å²) in [5.41, 5.74) is 1.63. The van der Waals surface area contributed by atoms with Gasteiger partial charge in [0.2, 0.25) is 0 Å². The second-order valence-electron chi connectivity index (χ2n) is 3.88. The molecule has 5 nitrogen and oxygen atoms in total. The summed E-state index contributed by atoms with van der Waals surface area (Å²) >= 11 is 7.13. The number of halogens is 1. The third-order valence-electron chi connectivity index (χ3n) is 2.56. The lowest BCUT2D eigenvalue weighted by molar-refractivity contribution is 0.215. The highest BCUT2D eigenvalue weighted by atomic mass is 35.5. The largest absolute Gasteiger partial charge is 0.417 e. The minimum Gasteiger partial charge on any atom is -0.410 e. The van der Waals surface area contributed by atoms with Crippen molar-refractivity contribution in [3.05, 3.63) is 47.5 Å². The molecule has 0 atom stereocenters. The van der Waals surface area contributed by atoms with E-state index in [-0.39, 0.29) is 0 Å². The Hall–Kier alpha value is -2.18. The highest BCUT2D eigenvalue weighted by Crippen LogP contribution is 2.30. The topological polar surface area (TPSA) is 64.1 Å². The van der Waals surface area contributed by atoms with Gasteiger partial charge in [0, 0.05) is 0 Å². The lowest BCUT2D eigenvalue weighted by Gasteiger charge is -2.08. The number of ether oxygens (including phenoxy) is 1. The summed E-state index contributed by atoms with van der Waals surface area (Å²) in [7, 11) is 0. The van der Waals surface area contributed by atoms with Gasteiger partial charge >= 0.3 is 6.09 Å². The molecule has 0 saturated carbocycles. The van der Waals surface area contributed by atoms with Crippen LogP contribution >= 0.6 is 23.3 Å². The number of benzene rings is 2. The smallest absolute Gasteiger partial charge is 0.410 e. The molecular formula is C13H8ClN3O2S. The van der Waals surface area contributed by atoms with Gasteiger partial charge < -0.3 is 4.74 Å². The van der Waals surface area contributed by atoms with Gasteiger partial charge in [0.15, 0.2) is 0 Å². The van der Waals surface area contributed by atoms with Gasteiger partial charge in [-0.25, -0.2) is 4.79 Å². The van der Waals surface area contributed by atoms with Gasteiger partial charge in [-0.1, -0.05) is 29.8 Å². The van der Waals surface area contributed by atoms with Gasteiger partial charge in [0.05, 0.1) is 22.4 Å². The van der Waals surface area contributed by atoms with Crippen LogP contribution in [0.2, 0.25) is 5.02 Å². The van der Waals surface area contributed by atoms with Crippen molar-refractivity contribution in [1.29, 1.82) is 0 Å². The van der Waals surface area contributed by atoms with Crippen LogP contribution in [0.4, 0.5) is 10.5 Å². The Bertz CT molecular complexity index is 761. The average Bonchev–Trinajstić information content (AvgIpc) is 2.92. The van der Waals surface area contributed by atoms with E-state index in [1.165, 1.54) is 0 Å². The average molecular weight is 306 g/mol. The molecule has 0 fully saturated rings. The maximum absolute atomic E-state index is 11.9. The van der Waals surface area contributed by atoms with Gasteiger partial charge in [-0.05, 0) is 24.3 Å². The van der Waals surface area contributed by atoms with E-state index in [1.807, 2.05) is 6.07 Å². The molecule has 0 saturated heterocycles. The Balaban J connectivity index is 1.84. The van der Waals surface area contributed by atoms with Gasteiger partial charge in [-0.15, -0.1) is 0 Å². The lowest BCUT2D eigenvalue weighted by Crippen LogP contribution is -2.17. The van der Waals surface area contributed by atoms with Crippen LogP contribution in [-0.2, 0) is 0 Å². The number of amides is 1. The van der Waals surface area contributed by atoms with Crippen molar-refractivity contribution < 1.29 is 9.53 Å². The maximum Gasteiger partial charge on any atom is 0.417 e. The number of fused-ring (bicyclic) bond motifs is 1. The number of carbonyl (C=O) groups excluding carboxylic acids is 1. The molecule has 7 heteroatoms. The molecule has 0 unspecified atom stereocenters. The van der Waals surface area contributed by atoms with Gasteiger partial charge in [0.25, 0.3) is 0 Å². The molecule has 1 aromatic heterocycles. The summed E-state index contributed by atoms with van der Waals surface area (Å²) in [6, 6.07) is 12.2. The van der Waals surface area contributed by atoms with Crippen LogP contribution in [0.1, 0.15) is 0 Å². The molecular weight excluding hydrogens is 298 g/mol. The molecule has 0 radical (unpaired) electrons. The summed E-state index contributed by atoms with van der Waals surface area (Å²) in [4.78, 5) is 11.9. The molecule has 0 aliphatic carbocycles. The molecule has 0 aliphatic heterocycles. The number of carbonyl (C=O) groups is 1. The lowest BCUT2D eigenvalue weighted by atomic mass is 10.2. The summed E-state index contributed by atoms with van der Waals surface area (Å²) in [5, 5.41) is 2.98. The third-order valence-corrected chi connectivity index (χ3v) is 3.42. The van der Waals surface area contributed by atoms with Crippen molar-refractivity contribution in [3.63, 3.8) is 0 Å². The van der Waals surface area contributed by atoms with Crippen molar-refractivity contribution >= 4 is 46.1 Å². The van der Waals surface area contributed by atoms with Crippen LogP contribution in [0.5, 0.6) is 5.75 Å². The van der Waals surface area contributed by atoms with Gasteiger partial charge in [0.1, 0.15) is 16.8 Å². The Morgan fingerprint density at radius 1 is 1.15 bits per heavy atom. The first kappa shape index (κ1) is 12.8. The zero-order valence-corrected chi connectivity index (χ0v) is 11.6. The minimum absolute atomic E-state index is 0.384. The highest BCUT2D eigenvalue weighted by Gasteiger charge is 2.14. The maximum atomic E-state index is 11.9. The predicted molar refractivity (Wildman–Crippen MR) is 78.5 cm³/mol. The standard InChI is InChI=1S/C13H8ClN3O2S/c14-9-6-7-10-12(17-20-16-10)11(9)15-13(18)19-8-4-2-1-3-5-8/h1-7H,(H,15,18). The Morgan fingerprint density at radius 3 is 2.75 bits per heavy atom. The van der Waals surface area contributed by atoms with E-state index < -0.39 is 6.09 Å². The number of nitrogens with one attached hydrogen (secondary N) is 1. The molecule has 0 bridgehead atoms. The molecule has 20 heavy (non-hydrogen) atoms. The predicted octanol–water partition coefficient (Wildman–Crippen LogP) is 3.96. The molecule has 1 N–H and O–H groups in total. The Morgan fingerprint density at radius 2 is 1.95 bits per heavy atom.